The Balaban J connectivity index is 2.35. The normalized spacial score (nSPS) is 21.6. The molecule has 0 radical (unpaired) electrons. The van der Waals surface area contributed by atoms with Crippen LogP contribution in [0.4, 0.5) is 0 Å². The first-order chi connectivity index (χ1) is 6.77. The van der Waals surface area contributed by atoms with E-state index in [0.717, 1.165) is 25.7 Å². The maximum Gasteiger partial charge on any atom is 0.308 e. The van der Waals surface area contributed by atoms with Gasteiger partial charge in [-0.25, -0.2) is 0 Å². The largest absolute Gasteiger partial charge is 0.504 e. The molecule has 0 bridgehead atoms. The molecule has 0 aromatic rings. The fraction of sp³-hybridized carbons (Fsp3) is 0.727. The molecule has 1 aliphatic carbocycles. The molecule has 0 aromatic carbocycles. The van der Waals surface area contributed by atoms with Gasteiger partial charge < -0.3 is 9.47 Å². The predicted octanol–water partition coefficient (Wildman–Crippen LogP) is 2.27. The summed E-state index contributed by atoms with van der Waals surface area (Å²) >= 11 is 0. The van der Waals surface area contributed by atoms with E-state index in [0.29, 0.717) is 6.61 Å². The monoisotopic (exact) mass is 198 g/mol. The number of ether oxygens (including phenoxy) is 2. The molecule has 0 aliphatic heterocycles. The highest BCUT2D eigenvalue weighted by Crippen LogP contribution is 2.28. The first kappa shape index (κ1) is 11.1. The first-order valence-corrected chi connectivity index (χ1v) is 5.15. The Labute approximate surface area is 85.1 Å². The van der Waals surface area contributed by atoms with E-state index in [9.17, 15) is 4.79 Å². The minimum absolute atomic E-state index is 0.0380. The fourth-order valence-electron chi connectivity index (χ4n) is 1.77. The molecule has 0 unspecified atom stereocenters. The van der Waals surface area contributed by atoms with E-state index in [1.165, 1.54) is 5.57 Å². The van der Waals surface area contributed by atoms with Gasteiger partial charge in [0, 0.05) is 0 Å². The van der Waals surface area contributed by atoms with Gasteiger partial charge in [-0.15, -0.1) is 0 Å². The number of carbonyl (C=O) groups excluding carboxylic acids is 1. The van der Waals surface area contributed by atoms with Crippen LogP contribution in [0.15, 0.2) is 11.8 Å². The Morgan fingerprint density at radius 1 is 1.50 bits per heavy atom. The molecule has 0 N–H and O–H groups in total. The van der Waals surface area contributed by atoms with Crippen molar-refractivity contribution >= 4 is 5.97 Å². The third kappa shape index (κ3) is 3.05. The van der Waals surface area contributed by atoms with Crippen molar-refractivity contribution in [2.24, 2.45) is 5.92 Å². The Bertz CT molecular complexity index is 211. The van der Waals surface area contributed by atoms with Crippen molar-refractivity contribution < 1.29 is 14.3 Å². The summed E-state index contributed by atoms with van der Waals surface area (Å²) in [6.07, 6.45) is 5.50. The minimum Gasteiger partial charge on any atom is -0.504 e. The lowest BCUT2D eigenvalue weighted by Crippen LogP contribution is -2.21. The predicted molar refractivity (Wildman–Crippen MR) is 53.7 cm³/mol. The van der Waals surface area contributed by atoms with Crippen LogP contribution >= 0.6 is 0 Å². The summed E-state index contributed by atoms with van der Waals surface area (Å²) in [4.78, 5) is 11.4. The smallest absolute Gasteiger partial charge is 0.308 e. The topological polar surface area (TPSA) is 35.5 Å². The molecule has 14 heavy (non-hydrogen) atoms. The molecule has 0 aromatic heterocycles. The molecule has 1 rings (SSSR count). The fourth-order valence-corrected chi connectivity index (χ4v) is 1.77. The molecule has 0 saturated heterocycles. The van der Waals surface area contributed by atoms with E-state index in [1.807, 2.05) is 6.92 Å². The van der Waals surface area contributed by atoms with Crippen LogP contribution in [-0.2, 0) is 14.3 Å². The Morgan fingerprint density at radius 2 is 2.14 bits per heavy atom. The quantitative estimate of drug-likeness (QED) is 0.515. The summed E-state index contributed by atoms with van der Waals surface area (Å²) in [5, 5.41) is 0. The van der Waals surface area contributed by atoms with E-state index in [4.69, 9.17) is 9.47 Å². The molecular weight excluding hydrogens is 180 g/mol. The van der Waals surface area contributed by atoms with Crippen molar-refractivity contribution in [3.05, 3.63) is 11.8 Å². The van der Waals surface area contributed by atoms with E-state index in [1.54, 1.807) is 13.4 Å². The van der Waals surface area contributed by atoms with Crippen molar-refractivity contribution in [3.8, 4) is 0 Å². The van der Waals surface area contributed by atoms with Crippen molar-refractivity contribution in [1.29, 1.82) is 0 Å². The number of carbonyl (C=O) groups is 1. The van der Waals surface area contributed by atoms with Gasteiger partial charge >= 0.3 is 5.97 Å². The minimum atomic E-state index is -0.0380. The number of hydrogen-bond acceptors (Lipinski definition) is 3. The number of hydrogen-bond donors (Lipinski definition) is 0. The summed E-state index contributed by atoms with van der Waals surface area (Å²) in [5.74, 6) is 0.0629. The van der Waals surface area contributed by atoms with Crippen molar-refractivity contribution in [2.75, 3.05) is 13.7 Å². The van der Waals surface area contributed by atoms with Gasteiger partial charge in [-0.05, 0) is 38.2 Å². The molecule has 3 heteroatoms. The summed E-state index contributed by atoms with van der Waals surface area (Å²) in [6.45, 7) is 2.33. The second-order valence-electron chi connectivity index (χ2n) is 3.54. The zero-order valence-corrected chi connectivity index (χ0v) is 8.91. The zero-order chi connectivity index (χ0) is 10.4. The Morgan fingerprint density at radius 3 is 2.64 bits per heavy atom. The summed E-state index contributed by atoms with van der Waals surface area (Å²) in [6, 6.07) is 0. The molecule has 3 nitrogen and oxygen atoms in total. The van der Waals surface area contributed by atoms with Crippen LogP contribution < -0.4 is 0 Å². The summed E-state index contributed by atoms with van der Waals surface area (Å²) in [5.41, 5.74) is 1.30. The molecule has 0 spiro atoms. The van der Waals surface area contributed by atoms with E-state index in [2.05, 4.69) is 0 Å². The summed E-state index contributed by atoms with van der Waals surface area (Å²) in [7, 11) is 1.66. The number of esters is 1. The van der Waals surface area contributed by atoms with Gasteiger partial charge in [0.15, 0.2) is 0 Å². The summed E-state index contributed by atoms with van der Waals surface area (Å²) < 4.78 is 9.93. The van der Waals surface area contributed by atoms with Crippen LogP contribution in [0.2, 0.25) is 0 Å². The van der Waals surface area contributed by atoms with E-state index in [-0.39, 0.29) is 11.9 Å². The SMILES string of the molecule is CCOC(=O)C1CCC(=COC)CC1. The van der Waals surface area contributed by atoms with Crippen LogP contribution in [0.3, 0.4) is 0 Å². The molecule has 1 fully saturated rings. The van der Waals surface area contributed by atoms with Gasteiger partial charge in [-0.2, -0.15) is 0 Å². The average Bonchev–Trinajstić information content (AvgIpc) is 2.20. The van der Waals surface area contributed by atoms with Gasteiger partial charge in [0.05, 0.1) is 25.9 Å². The molecular formula is C11H18O3. The second-order valence-corrected chi connectivity index (χ2v) is 3.54. The van der Waals surface area contributed by atoms with Gasteiger partial charge in [-0.1, -0.05) is 0 Å². The maximum absolute atomic E-state index is 11.4. The number of allylic oxidation sites excluding steroid dienone is 1. The lowest BCUT2D eigenvalue weighted by atomic mass is 9.86. The highest BCUT2D eigenvalue weighted by molar-refractivity contribution is 5.72. The lowest BCUT2D eigenvalue weighted by Gasteiger charge is -2.21. The molecule has 0 atom stereocenters. The number of methoxy groups -OCH3 is 1. The maximum atomic E-state index is 11.4. The number of rotatable bonds is 3. The van der Waals surface area contributed by atoms with Gasteiger partial charge in [0.25, 0.3) is 0 Å². The molecule has 1 saturated carbocycles. The first-order valence-electron chi connectivity index (χ1n) is 5.15. The molecule has 0 amide bonds. The molecule has 80 valence electrons. The van der Waals surface area contributed by atoms with Crippen LogP contribution in [0.5, 0.6) is 0 Å². The molecule has 0 heterocycles. The molecule has 1 aliphatic rings. The lowest BCUT2D eigenvalue weighted by molar-refractivity contribution is -0.148. The standard InChI is InChI=1S/C11H18O3/c1-3-14-11(12)10-6-4-9(5-7-10)8-13-2/h8,10H,3-7H2,1-2H3. The van der Waals surface area contributed by atoms with Crippen LogP contribution in [0, 0.1) is 5.92 Å². The highest BCUT2D eigenvalue weighted by Gasteiger charge is 2.24. The Hall–Kier alpha value is -0.990. The Kier molecular flexibility index (Phi) is 4.50. The van der Waals surface area contributed by atoms with Crippen LogP contribution in [0.1, 0.15) is 32.6 Å². The van der Waals surface area contributed by atoms with Crippen molar-refractivity contribution in [3.63, 3.8) is 0 Å². The van der Waals surface area contributed by atoms with Gasteiger partial charge in [0.1, 0.15) is 0 Å². The van der Waals surface area contributed by atoms with Crippen LogP contribution in [-0.4, -0.2) is 19.7 Å². The van der Waals surface area contributed by atoms with Gasteiger partial charge in [-0.3, -0.25) is 4.79 Å². The second kappa shape index (κ2) is 5.68. The highest BCUT2D eigenvalue weighted by atomic mass is 16.5. The van der Waals surface area contributed by atoms with Crippen LogP contribution in [0.25, 0.3) is 0 Å². The third-order valence-corrected chi connectivity index (χ3v) is 2.53. The van der Waals surface area contributed by atoms with E-state index < -0.39 is 0 Å². The van der Waals surface area contributed by atoms with Crippen molar-refractivity contribution in [2.45, 2.75) is 32.6 Å². The van der Waals surface area contributed by atoms with Gasteiger partial charge in [0.2, 0.25) is 0 Å². The van der Waals surface area contributed by atoms with Crippen molar-refractivity contribution in [1.82, 2.24) is 0 Å². The zero-order valence-electron chi connectivity index (χ0n) is 8.91. The average molecular weight is 198 g/mol. The van der Waals surface area contributed by atoms with E-state index >= 15 is 0 Å². The third-order valence-electron chi connectivity index (χ3n) is 2.53.